The number of hydrogen-bond acceptors (Lipinski definition) is 4. The molecule has 2 aliphatic heterocycles. The topological polar surface area (TPSA) is 95.4 Å². The van der Waals surface area contributed by atoms with E-state index in [1.807, 2.05) is 6.07 Å². The van der Waals surface area contributed by atoms with E-state index in [1.54, 1.807) is 29.2 Å². The number of amides is 1. The van der Waals surface area contributed by atoms with E-state index < -0.39 is 11.5 Å². The van der Waals surface area contributed by atoms with Crippen LogP contribution in [0.25, 0.3) is 10.4 Å². The summed E-state index contributed by atoms with van der Waals surface area (Å²) in [6.07, 6.45) is 1.97. The normalized spacial score (nSPS) is 28.3. The molecule has 2 saturated heterocycles. The average molecular weight is 314 g/mol. The molecule has 7 heteroatoms. The van der Waals surface area contributed by atoms with Gasteiger partial charge in [0.15, 0.2) is 0 Å². The van der Waals surface area contributed by atoms with Gasteiger partial charge in [-0.25, -0.2) is 4.79 Å². The van der Waals surface area contributed by atoms with Crippen molar-refractivity contribution in [3.05, 3.63) is 46.3 Å². The first kappa shape index (κ1) is 15.4. The molecule has 2 bridgehead atoms. The molecule has 0 aliphatic carbocycles. The van der Waals surface area contributed by atoms with Gasteiger partial charge in [0.25, 0.3) is 5.91 Å². The van der Waals surface area contributed by atoms with Gasteiger partial charge in [-0.05, 0) is 36.9 Å². The largest absolute Gasteiger partial charge is 0.467 e. The minimum atomic E-state index is -1.01. The molecule has 2 aliphatic rings. The second-order valence-corrected chi connectivity index (χ2v) is 6.00. The fourth-order valence-electron chi connectivity index (χ4n) is 4.08. The van der Waals surface area contributed by atoms with E-state index in [4.69, 9.17) is 10.3 Å². The number of rotatable bonds is 4. The number of ether oxygens (including phenoxy) is 1. The Morgan fingerprint density at radius 3 is 2.83 bits per heavy atom. The molecule has 120 valence electrons. The monoisotopic (exact) mass is 314 g/mol. The zero-order chi connectivity index (χ0) is 16.4. The molecule has 1 aromatic carbocycles. The molecule has 3 rings (SSSR count). The van der Waals surface area contributed by atoms with Crippen molar-refractivity contribution < 1.29 is 14.3 Å². The number of methoxy groups -OCH3 is 1. The minimum Gasteiger partial charge on any atom is -0.467 e. The van der Waals surface area contributed by atoms with Gasteiger partial charge >= 0.3 is 5.97 Å². The highest BCUT2D eigenvalue weighted by Crippen LogP contribution is 2.51. The summed E-state index contributed by atoms with van der Waals surface area (Å²) in [5.41, 5.74) is 8.13. The van der Waals surface area contributed by atoms with E-state index in [9.17, 15) is 9.59 Å². The van der Waals surface area contributed by atoms with Gasteiger partial charge in [0.1, 0.15) is 5.54 Å². The third-order valence-electron chi connectivity index (χ3n) is 5.03. The maximum Gasteiger partial charge on any atom is 0.332 e. The summed E-state index contributed by atoms with van der Waals surface area (Å²) in [5.74, 6) is -0.779. The summed E-state index contributed by atoms with van der Waals surface area (Å²) < 4.78 is 5.01. The van der Waals surface area contributed by atoms with Crippen molar-refractivity contribution in [3.63, 3.8) is 0 Å². The van der Waals surface area contributed by atoms with Crippen LogP contribution in [-0.4, -0.2) is 42.0 Å². The number of carbonyl (C=O) groups excluding carboxylic acids is 2. The molecule has 23 heavy (non-hydrogen) atoms. The molecule has 0 aromatic heterocycles. The molecular weight excluding hydrogens is 296 g/mol. The molecule has 0 radical (unpaired) electrons. The molecule has 2 heterocycles. The molecular formula is C16H18N4O3. The smallest absolute Gasteiger partial charge is 0.332 e. The highest BCUT2D eigenvalue weighted by atomic mass is 16.5. The maximum atomic E-state index is 13.0. The lowest BCUT2D eigenvalue weighted by Crippen LogP contribution is -2.55. The summed E-state index contributed by atoms with van der Waals surface area (Å²) in [4.78, 5) is 30.0. The number of carbonyl (C=O) groups is 2. The van der Waals surface area contributed by atoms with E-state index >= 15 is 0 Å². The summed E-state index contributed by atoms with van der Waals surface area (Å²) in [7, 11) is 1.33. The van der Waals surface area contributed by atoms with E-state index in [2.05, 4.69) is 10.0 Å². The Kier molecular flexibility index (Phi) is 3.96. The highest BCUT2D eigenvalue weighted by Gasteiger charge is 2.64. The number of benzene rings is 1. The molecule has 3 atom stereocenters. The van der Waals surface area contributed by atoms with Gasteiger partial charge < -0.3 is 9.64 Å². The van der Waals surface area contributed by atoms with E-state index in [0.29, 0.717) is 18.4 Å². The average Bonchev–Trinajstić information content (AvgIpc) is 3.13. The van der Waals surface area contributed by atoms with E-state index in [-0.39, 0.29) is 24.4 Å². The zero-order valence-corrected chi connectivity index (χ0v) is 12.9. The first-order valence-corrected chi connectivity index (χ1v) is 7.63. The Morgan fingerprint density at radius 1 is 1.43 bits per heavy atom. The number of esters is 1. The second-order valence-electron chi connectivity index (χ2n) is 6.00. The third kappa shape index (κ3) is 2.24. The van der Waals surface area contributed by atoms with Gasteiger partial charge in [0.2, 0.25) is 0 Å². The van der Waals surface area contributed by atoms with Gasteiger partial charge in [-0.3, -0.25) is 4.79 Å². The molecule has 1 aromatic rings. The Labute approximate surface area is 133 Å². The van der Waals surface area contributed by atoms with Crippen LogP contribution in [0.1, 0.15) is 29.6 Å². The summed E-state index contributed by atoms with van der Waals surface area (Å²) in [5, 5.41) is 3.64. The van der Waals surface area contributed by atoms with Crippen LogP contribution < -0.4 is 0 Å². The lowest BCUT2D eigenvalue weighted by atomic mass is 9.77. The van der Waals surface area contributed by atoms with Crippen molar-refractivity contribution in [1.82, 2.24) is 4.90 Å². The first-order chi connectivity index (χ1) is 11.1. The van der Waals surface area contributed by atoms with Crippen LogP contribution in [0.3, 0.4) is 0 Å². The van der Waals surface area contributed by atoms with Crippen molar-refractivity contribution in [2.75, 3.05) is 13.7 Å². The number of hydrogen-bond donors (Lipinski definition) is 0. The summed E-state index contributed by atoms with van der Waals surface area (Å²) >= 11 is 0. The molecule has 0 spiro atoms. The SMILES string of the molecule is COC(=O)[C@]12CC[C@H](C[C@H]1CN=[N+]=[N-])N2C(=O)c1ccccc1. The van der Waals surface area contributed by atoms with Gasteiger partial charge in [0, 0.05) is 29.0 Å². The second kappa shape index (κ2) is 5.93. The molecule has 1 amide bonds. The Balaban J connectivity index is 2.00. The standard InChI is InChI=1S/C16H18N4O3/c1-23-15(22)16-8-7-13(9-12(16)10-18-19-17)20(16)14(21)11-5-3-2-4-6-11/h2-6,12-13H,7-10H2,1H3/t12-,13+,16-/m0/s1. The Bertz CT molecular complexity index is 671. The summed E-state index contributed by atoms with van der Waals surface area (Å²) in [6, 6.07) is 8.92. The number of fused-ring (bicyclic) bond motifs is 2. The fraction of sp³-hybridized carbons (Fsp3) is 0.500. The van der Waals surface area contributed by atoms with Crippen molar-refractivity contribution in [3.8, 4) is 0 Å². The fourth-order valence-corrected chi connectivity index (χ4v) is 4.08. The van der Waals surface area contributed by atoms with Crippen molar-refractivity contribution >= 4 is 11.9 Å². The molecule has 0 N–H and O–H groups in total. The zero-order valence-electron chi connectivity index (χ0n) is 12.9. The first-order valence-electron chi connectivity index (χ1n) is 7.63. The van der Waals surface area contributed by atoms with Gasteiger partial charge in [0.05, 0.1) is 7.11 Å². The summed E-state index contributed by atoms with van der Waals surface area (Å²) in [6.45, 7) is 0.195. The van der Waals surface area contributed by atoms with Gasteiger partial charge in [-0.1, -0.05) is 23.3 Å². The predicted molar refractivity (Wildman–Crippen MR) is 82.5 cm³/mol. The molecule has 0 unspecified atom stereocenters. The predicted octanol–water partition coefficient (Wildman–Crippen LogP) is 2.53. The molecule has 2 fully saturated rings. The van der Waals surface area contributed by atoms with Crippen molar-refractivity contribution in [2.45, 2.75) is 30.8 Å². The lowest BCUT2D eigenvalue weighted by Gasteiger charge is -2.36. The third-order valence-corrected chi connectivity index (χ3v) is 5.03. The van der Waals surface area contributed by atoms with Crippen molar-refractivity contribution in [1.29, 1.82) is 0 Å². The van der Waals surface area contributed by atoms with Gasteiger partial charge in [-0.15, -0.1) is 0 Å². The van der Waals surface area contributed by atoms with Crippen LogP contribution in [0.15, 0.2) is 35.4 Å². The number of azide groups is 1. The Morgan fingerprint density at radius 2 is 2.17 bits per heavy atom. The maximum absolute atomic E-state index is 13.0. The van der Waals surface area contributed by atoms with Crippen LogP contribution in [0.2, 0.25) is 0 Å². The minimum absolute atomic E-state index is 0.0132. The van der Waals surface area contributed by atoms with Crippen LogP contribution >= 0.6 is 0 Å². The molecule has 7 nitrogen and oxygen atoms in total. The number of nitrogens with zero attached hydrogens (tertiary/aromatic N) is 4. The van der Waals surface area contributed by atoms with Crippen LogP contribution in [-0.2, 0) is 9.53 Å². The van der Waals surface area contributed by atoms with Crippen molar-refractivity contribution in [2.24, 2.45) is 11.0 Å². The quantitative estimate of drug-likeness (QED) is 0.370. The van der Waals surface area contributed by atoms with Crippen LogP contribution in [0, 0.1) is 5.92 Å². The van der Waals surface area contributed by atoms with E-state index in [0.717, 1.165) is 6.42 Å². The molecule has 0 saturated carbocycles. The lowest BCUT2D eigenvalue weighted by molar-refractivity contribution is -0.153. The highest BCUT2D eigenvalue weighted by molar-refractivity contribution is 5.99. The Hall–Kier alpha value is -2.53. The van der Waals surface area contributed by atoms with Gasteiger partial charge in [-0.2, -0.15) is 0 Å². The van der Waals surface area contributed by atoms with E-state index in [1.165, 1.54) is 7.11 Å². The van der Waals surface area contributed by atoms with Crippen LogP contribution in [0.4, 0.5) is 0 Å². The van der Waals surface area contributed by atoms with Crippen LogP contribution in [0.5, 0.6) is 0 Å².